The van der Waals surface area contributed by atoms with Gasteiger partial charge in [0.05, 0.1) is 0 Å². The van der Waals surface area contributed by atoms with Gasteiger partial charge in [-0.2, -0.15) is 0 Å². The van der Waals surface area contributed by atoms with Gasteiger partial charge in [-0.05, 0) is 6.92 Å². The number of fused-ring (bicyclic) bond motifs is 1. The lowest BCUT2D eigenvalue weighted by Crippen LogP contribution is -2.14. The second kappa shape index (κ2) is 4.01. The third-order valence-electron chi connectivity index (χ3n) is 2.56. The van der Waals surface area contributed by atoms with Crippen molar-refractivity contribution in [3.05, 3.63) is 33.4 Å². The normalized spacial score (nSPS) is 10.9. The van der Waals surface area contributed by atoms with Crippen LogP contribution in [0.2, 0.25) is 0 Å². The molecule has 8 heteroatoms. The summed E-state index contributed by atoms with van der Waals surface area (Å²) in [7, 11) is 0. The van der Waals surface area contributed by atoms with Crippen molar-refractivity contribution in [3.63, 3.8) is 0 Å². The molecule has 2 aromatic rings. The van der Waals surface area contributed by atoms with E-state index in [9.17, 15) is 23.1 Å². The zero-order chi connectivity index (χ0) is 14.5. The Hall–Kier alpha value is -2.51. The maximum atomic E-state index is 13.7. The molecule has 4 N–H and O–H groups in total. The minimum atomic E-state index is -1.71. The third-order valence-corrected chi connectivity index (χ3v) is 2.56. The Labute approximate surface area is 103 Å². The quantitative estimate of drug-likeness (QED) is 0.319. The van der Waals surface area contributed by atoms with Crippen LogP contribution in [0.4, 0.5) is 18.9 Å². The molecule has 1 heterocycles. The van der Waals surface area contributed by atoms with Gasteiger partial charge in [-0.1, -0.05) is 0 Å². The number of nitrogens with two attached hydrogens (primary N) is 1. The highest BCUT2D eigenvalue weighted by Crippen LogP contribution is 2.35. The molecule has 0 unspecified atom stereocenters. The summed E-state index contributed by atoms with van der Waals surface area (Å²) < 4.78 is 45.0. The van der Waals surface area contributed by atoms with E-state index in [0.29, 0.717) is 0 Å². The first-order chi connectivity index (χ1) is 8.77. The number of hydrogen-bond acceptors (Lipinski definition) is 5. The molecular formula is C11H7F3N2O3. The number of nitrogens with one attached hydrogen (secondary N) is 1. The van der Waals surface area contributed by atoms with Crippen molar-refractivity contribution >= 4 is 22.4 Å². The summed E-state index contributed by atoms with van der Waals surface area (Å²) in [4.78, 5) is 11.5. The lowest BCUT2D eigenvalue weighted by Gasteiger charge is -2.09. The summed E-state index contributed by atoms with van der Waals surface area (Å²) in [6.45, 7) is 1.12. The molecule has 0 aliphatic rings. The van der Waals surface area contributed by atoms with E-state index < -0.39 is 56.8 Å². The predicted octanol–water partition coefficient (Wildman–Crippen LogP) is 1.89. The van der Waals surface area contributed by atoms with E-state index >= 15 is 0 Å². The SMILES string of the molecule is CC(=N)c1c(O)c2c(F)c(F)c(N)c(F)c2oc1=O. The molecule has 0 fully saturated rings. The highest BCUT2D eigenvalue weighted by Gasteiger charge is 2.26. The fourth-order valence-corrected chi connectivity index (χ4v) is 1.66. The molecule has 0 bridgehead atoms. The third kappa shape index (κ3) is 1.64. The first kappa shape index (κ1) is 12.9. The zero-order valence-electron chi connectivity index (χ0n) is 9.47. The van der Waals surface area contributed by atoms with Crippen LogP contribution >= 0.6 is 0 Å². The molecule has 0 aliphatic heterocycles. The van der Waals surface area contributed by atoms with Gasteiger partial charge in [0.15, 0.2) is 23.0 Å². The fourth-order valence-electron chi connectivity index (χ4n) is 1.66. The van der Waals surface area contributed by atoms with Crippen molar-refractivity contribution in [3.8, 4) is 5.75 Å². The first-order valence-corrected chi connectivity index (χ1v) is 4.94. The molecule has 0 radical (unpaired) electrons. The second-order valence-corrected chi connectivity index (χ2v) is 3.80. The Morgan fingerprint density at radius 1 is 1.26 bits per heavy atom. The Kier molecular flexibility index (Phi) is 2.73. The van der Waals surface area contributed by atoms with Crippen LogP contribution in [0.25, 0.3) is 11.0 Å². The molecule has 0 saturated carbocycles. The second-order valence-electron chi connectivity index (χ2n) is 3.80. The van der Waals surface area contributed by atoms with E-state index in [2.05, 4.69) is 4.42 Å². The van der Waals surface area contributed by atoms with Crippen molar-refractivity contribution in [1.82, 2.24) is 0 Å². The Morgan fingerprint density at radius 2 is 1.84 bits per heavy atom. The minimum absolute atomic E-state index is 0.440. The lowest BCUT2D eigenvalue weighted by atomic mass is 10.1. The highest BCUT2D eigenvalue weighted by molar-refractivity contribution is 6.03. The summed E-state index contributed by atoms with van der Waals surface area (Å²) in [5.41, 5.74) is 0.455. The van der Waals surface area contributed by atoms with Crippen molar-refractivity contribution in [2.75, 3.05) is 5.73 Å². The maximum absolute atomic E-state index is 13.7. The monoisotopic (exact) mass is 272 g/mol. The zero-order valence-corrected chi connectivity index (χ0v) is 9.47. The standard InChI is InChI=1S/C11H7F3N2O3/c1-2(15)3-9(17)4-5(12)6(13)8(16)7(14)10(4)19-11(3)18/h15,17H,16H2,1H3. The van der Waals surface area contributed by atoms with Crippen molar-refractivity contribution in [2.45, 2.75) is 6.92 Å². The van der Waals surface area contributed by atoms with Crippen LogP contribution in [0.3, 0.4) is 0 Å². The van der Waals surface area contributed by atoms with Gasteiger partial charge in [-0.3, -0.25) is 0 Å². The van der Waals surface area contributed by atoms with Crippen molar-refractivity contribution in [2.24, 2.45) is 0 Å². The fraction of sp³-hybridized carbons (Fsp3) is 0.0909. The first-order valence-electron chi connectivity index (χ1n) is 4.94. The van der Waals surface area contributed by atoms with Crippen LogP contribution in [-0.4, -0.2) is 10.8 Å². The smallest absolute Gasteiger partial charge is 0.349 e. The van der Waals surface area contributed by atoms with E-state index in [1.807, 2.05) is 0 Å². The van der Waals surface area contributed by atoms with Crippen molar-refractivity contribution in [1.29, 1.82) is 5.41 Å². The minimum Gasteiger partial charge on any atom is -0.506 e. The van der Waals surface area contributed by atoms with Gasteiger partial charge in [0.1, 0.15) is 22.4 Å². The molecule has 0 spiro atoms. The van der Waals surface area contributed by atoms with Crippen LogP contribution in [0.1, 0.15) is 12.5 Å². The summed E-state index contributed by atoms with van der Waals surface area (Å²) in [6, 6.07) is 0. The number of benzene rings is 1. The molecule has 1 aromatic heterocycles. The molecular weight excluding hydrogens is 265 g/mol. The van der Waals surface area contributed by atoms with Gasteiger partial charge >= 0.3 is 5.63 Å². The van der Waals surface area contributed by atoms with Gasteiger partial charge in [-0.15, -0.1) is 0 Å². The number of anilines is 1. The van der Waals surface area contributed by atoms with Gasteiger partial charge in [0.25, 0.3) is 0 Å². The summed E-state index contributed by atoms with van der Waals surface area (Å²) in [6.07, 6.45) is 0. The van der Waals surface area contributed by atoms with Crippen LogP contribution in [0.5, 0.6) is 5.75 Å². The van der Waals surface area contributed by atoms with Crippen LogP contribution in [-0.2, 0) is 0 Å². The molecule has 0 saturated heterocycles. The Bertz CT molecular complexity index is 783. The lowest BCUT2D eigenvalue weighted by molar-refractivity contribution is 0.447. The van der Waals surface area contributed by atoms with Crippen LogP contribution in [0, 0.1) is 22.9 Å². The number of halogens is 3. The number of hydrogen-bond donors (Lipinski definition) is 3. The largest absolute Gasteiger partial charge is 0.506 e. The Morgan fingerprint density at radius 3 is 2.37 bits per heavy atom. The molecule has 0 aliphatic carbocycles. The summed E-state index contributed by atoms with van der Waals surface area (Å²) >= 11 is 0. The number of rotatable bonds is 1. The molecule has 0 amide bonds. The average Bonchev–Trinajstić information content (AvgIpc) is 2.32. The average molecular weight is 272 g/mol. The summed E-state index contributed by atoms with van der Waals surface area (Å²) in [5.74, 6) is -5.91. The van der Waals surface area contributed by atoms with Crippen LogP contribution in [0.15, 0.2) is 9.21 Å². The van der Waals surface area contributed by atoms with Gasteiger partial charge in [0, 0.05) is 5.71 Å². The molecule has 5 nitrogen and oxygen atoms in total. The highest BCUT2D eigenvalue weighted by atomic mass is 19.2. The molecule has 0 atom stereocenters. The molecule has 1 aromatic carbocycles. The predicted molar refractivity (Wildman–Crippen MR) is 60.9 cm³/mol. The van der Waals surface area contributed by atoms with E-state index in [1.54, 1.807) is 0 Å². The molecule has 100 valence electrons. The van der Waals surface area contributed by atoms with Crippen molar-refractivity contribution < 1.29 is 22.7 Å². The number of aromatic hydroxyl groups is 1. The molecule has 19 heavy (non-hydrogen) atoms. The van der Waals surface area contributed by atoms with E-state index in [1.165, 1.54) is 0 Å². The maximum Gasteiger partial charge on any atom is 0.349 e. The van der Waals surface area contributed by atoms with E-state index in [0.717, 1.165) is 6.92 Å². The van der Waals surface area contributed by atoms with Crippen LogP contribution < -0.4 is 11.4 Å². The summed E-state index contributed by atoms with van der Waals surface area (Å²) in [5, 5.41) is 16.0. The van der Waals surface area contributed by atoms with Gasteiger partial charge in [-0.25, -0.2) is 18.0 Å². The van der Waals surface area contributed by atoms with Gasteiger partial charge in [0.2, 0.25) is 0 Å². The van der Waals surface area contributed by atoms with Gasteiger partial charge < -0.3 is 20.7 Å². The van der Waals surface area contributed by atoms with E-state index in [-0.39, 0.29) is 0 Å². The Balaban J connectivity index is 3.16. The molecule has 2 rings (SSSR count). The van der Waals surface area contributed by atoms with E-state index in [4.69, 9.17) is 11.1 Å². The number of nitrogen functional groups attached to an aromatic ring is 1. The topological polar surface area (TPSA) is 100 Å².